The Bertz CT molecular complexity index is 170. The zero-order chi connectivity index (χ0) is 11.0. The summed E-state index contributed by atoms with van der Waals surface area (Å²) >= 11 is 0. The second-order valence-electron chi connectivity index (χ2n) is 4.51. The molecule has 0 amide bonds. The third-order valence-corrected chi connectivity index (χ3v) is 2.53. The van der Waals surface area contributed by atoms with E-state index in [2.05, 4.69) is 39.1 Å². The van der Waals surface area contributed by atoms with Crippen molar-refractivity contribution in [3.63, 3.8) is 0 Å². The largest absolute Gasteiger partial charge is 0.310 e. The zero-order valence-electron chi connectivity index (χ0n) is 10.0. The van der Waals surface area contributed by atoms with Crippen LogP contribution in [0.2, 0.25) is 0 Å². The molecule has 2 heteroatoms. The van der Waals surface area contributed by atoms with Crippen LogP contribution < -0.4 is 5.32 Å². The molecule has 0 aliphatic heterocycles. The molecule has 0 aromatic rings. The molecule has 2 unspecified atom stereocenters. The van der Waals surface area contributed by atoms with E-state index in [9.17, 15) is 0 Å². The van der Waals surface area contributed by atoms with Crippen LogP contribution in [0.1, 0.15) is 53.4 Å². The van der Waals surface area contributed by atoms with Gasteiger partial charge in [0.05, 0.1) is 12.5 Å². The minimum atomic E-state index is 0.377. The van der Waals surface area contributed by atoms with Gasteiger partial charge in [-0.05, 0) is 32.1 Å². The van der Waals surface area contributed by atoms with Crippen molar-refractivity contribution >= 4 is 0 Å². The third-order valence-electron chi connectivity index (χ3n) is 2.53. The lowest BCUT2D eigenvalue weighted by Gasteiger charge is -2.20. The summed E-state index contributed by atoms with van der Waals surface area (Å²) in [6, 6.07) is 3.14. The highest BCUT2D eigenvalue weighted by molar-refractivity contribution is 4.81. The Labute approximate surface area is 88.7 Å². The smallest absolute Gasteiger partial charge is 0.0638 e. The lowest BCUT2D eigenvalue weighted by Crippen LogP contribution is -2.36. The van der Waals surface area contributed by atoms with Gasteiger partial charge in [0.25, 0.3) is 0 Å². The second kappa shape index (κ2) is 7.82. The zero-order valence-corrected chi connectivity index (χ0v) is 10.0. The van der Waals surface area contributed by atoms with E-state index in [4.69, 9.17) is 5.26 Å². The minimum absolute atomic E-state index is 0.377. The number of rotatable bonds is 7. The number of nitriles is 1. The molecule has 0 aromatic carbocycles. The number of nitrogens with zero attached hydrogens (tertiary/aromatic N) is 1. The van der Waals surface area contributed by atoms with Crippen molar-refractivity contribution in [2.75, 3.05) is 0 Å². The van der Waals surface area contributed by atoms with Gasteiger partial charge < -0.3 is 5.32 Å². The highest BCUT2D eigenvalue weighted by atomic mass is 14.9. The standard InChI is InChI=1S/C12H24N2/c1-5-12(8-9-13)14-11(4)7-6-10(2)3/h10-12,14H,5-8H2,1-4H3. The Balaban J connectivity index is 3.68. The van der Waals surface area contributed by atoms with Crippen molar-refractivity contribution < 1.29 is 0 Å². The summed E-state index contributed by atoms with van der Waals surface area (Å²) in [7, 11) is 0. The molecular weight excluding hydrogens is 172 g/mol. The van der Waals surface area contributed by atoms with Crippen LogP contribution in [0, 0.1) is 17.2 Å². The molecule has 0 bridgehead atoms. The maximum atomic E-state index is 8.61. The number of nitrogens with one attached hydrogen (secondary N) is 1. The van der Waals surface area contributed by atoms with Gasteiger partial charge in [0, 0.05) is 12.1 Å². The summed E-state index contributed by atoms with van der Waals surface area (Å²) in [6.45, 7) is 8.84. The Hall–Kier alpha value is -0.550. The van der Waals surface area contributed by atoms with Crippen LogP contribution in [-0.4, -0.2) is 12.1 Å². The molecule has 2 atom stereocenters. The first-order valence-electron chi connectivity index (χ1n) is 5.73. The topological polar surface area (TPSA) is 35.8 Å². The second-order valence-corrected chi connectivity index (χ2v) is 4.51. The molecule has 0 saturated carbocycles. The number of hydrogen-bond acceptors (Lipinski definition) is 2. The molecule has 1 N–H and O–H groups in total. The van der Waals surface area contributed by atoms with E-state index in [1.165, 1.54) is 12.8 Å². The van der Waals surface area contributed by atoms with Gasteiger partial charge in [-0.3, -0.25) is 0 Å². The van der Waals surface area contributed by atoms with E-state index in [-0.39, 0.29) is 0 Å². The van der Waals surface area contributed by atoms with Gasteiger partial charge in [0.15, 0.2) is 0 Å². The van der Waals surface area contributed by atoms with Gasteiger partial charge in [-0.2, -0.15) is 5.26 Å². The predicted molar refractivity (Wildman–Crippen MR) is 61.0 cm³/mol. The fraction of sp³-hybridized carbons (Fsp3) is 0.917. The lowest BCUT2D eigenvalue weighted by molar-refractivity contribution is 0.394. The summed E-state index contributed by atoms with van der Waals surface area (Å²) in [5.74, 6) is 0.773. The van der Waals surface area contributed by atoms with Crippen LogP contribution in [0.5, 0.6) is 0 Å². The Morgan fingerprint density at radius 1 is 1.21 bits per heavy atom. The molecule has 0 fully saturated rings. The number of hydrogen-bond donors (Lipinski definition) is 1. The normalized spacial score (nSPS) is 15.1. The van der Waals surface area contributed by atoms with E-state index in [1.807, 2.05) is 0 Å². The van der Waals surface area contributed by atoms with Gasteiger partial charge in [-0.1, -0.05) is 20.8 Å². The van der Waals surface area contributed by atoms with Crippen LogP contribution in [-0.2, 0) is 0 Å². The molecule has 0 aliphatic carbocycles. The monoisotopic (exact) mass is 196 g/mol. The average molecular weight is 196 g/mol. The summed E-state index contributed by atoms with van der Waals surface area (Å²) in [5, 5.41) is 12.1. The van der Waals surface area contributed by atoms with Crippen molar-refractivity contribution in [2.45, 2.75) is 65.5 Å². The average Bonchev–Trinajstić information content (AvgIpc) is 2.14. The van der Waals surface area contributed by atoms with Crippen LogP contribution in [0.15, 0.2) is 0 Å². The summed E-state index contributed by atoms with van der Waals surface area (Å²) in [4.78, 5) is 0. The summed E-state index contributed by atoms with van der Waals surface area (Å²) < 4.78 is 0. The highest BCUT2D eigenvalue weighted by Crippen LogP contribution is 2.08. The first-order chi connectivity index (χ1) is 6.60. The quantitative estimate of drug-likeness (QED) is 0.679. The van der Waals surface area contributed by atoms with Gasteiger partial charge in [0.2, 0.25) is 0 Å². The molecule has 0 spiro atoms. The summed E-state index contributed by atoms with van der Waals surface area (Å²) in [5.41, 5.74) is 0. The first-order valence-corrected chi connectivity index (χ1v) is 5.73. The van der Waals surface area contributed by atoms with E-state index < -0.39 is 0 Å². The minimum Gasteiger partial charge on any atom is -0.310 e. The highest BCUT2D eigenvalue weighted by Gasteiger charge is 2.09. The van der Waals surface area contributed by atoms with Gasteiger partial charge in [-0.15, -0.1) is 0 Å². The van der Waals surface area contributed by atoms with E-state index in [1.54, 1.807) is 0 Å². The maximum Gasteiger partial charge on any atom is 0.0638 e. The van der Waals surface area contributed by atoms with Crippen LogP contribution >= 0.6 is 0 Å². The predicted octanol–water partition coefficient (Wildman–Crippen LogP) is 3.09. The van der Waals surface area contributed by atoms with Crippen molar-refractivity contribution in [1.82, 2.24) is 5.32 Å². The van der Waals surface area contributed by atoms with Gasteiger partial charge >= 0.3 is 0 Å². The maximum absolute atomic E-state index is 8.61. The van der Waals surface area contributed by atoms with Crippen molar-refractivity contribution in [1.29, 1.82) is 5.26 Å². The van der Waals surface area contributed by atoms with Gasteiger partial charge in [0.1, 0.15) is 0 Å². The molecule has 0 saturated heterocycles. The summed E-state index contributed by atoms with van der Waals surface area (Å²) in [6.07, 6.45) is 4.14. The molecule has 0 aliphatic rings. The van der Waals surface area contributed by atoms with E-state index >= 15 is 0 Å². The SMILES string of the molecule is CCC(CC#N)NC(C)CCC(C)C. The lowest BCUT2D eigenvalue weighted by atomic mass is 10.0. The van der Waals surface area contributed by atoms with Crippen molar-refractivity contribution in [2.24, 2.45) is 5.92 Å². The molecule has 2 nitrogen and oxygen atoms in total. The molecule has 82 valence electrons. The molecule has 0 radical (unpaired) electrons. The Morgan fingerprint density at radius 3 is 2.29 bits per heavy atom. The van der Waals surface area contributed by atoms with Crippen LogP contribution in [0.4, 0.5) is 0 Å². The van der Waals surface area contributed by atoms with Crippen LogP contribution in [0.3, 0.4) is 0 Å². The molecular formula is C12H24N2. The first kappa shape index (κ1) is 13.4. The van der Waals surface area contributed by atoms with E-state index in [0.29, 0.717) is 18.5 Å². The molecule has 0 aromatic heterocycles. The van der Waals surface area contributed by atoms with Crippen molar-refractivity contribution in [3.8, 4) is 6.07 Å². The third kappa shape index (κ3) is 6.91. The molecule has 0 heterocycles. The van der Waals surface area contributed by atoms with Crippen molar-refractivity contribution in [3.05, 3.63) is 0 Å². The fourth-order valence-electron chi connectivity index (χ4n) is 1.50. The molecule has 0 rings (SSSR count). The Kier molecular flexibility index (Phi) is 7.51. The van der Waals surface area contributed by atoms with Gasteiger partial charge in [-0.25, -0.2) is 0 Å². The molecule has 14 heavy (non-hydrogen) atoms. The van der Waals surface area contributed by atoms with Crippen LogP contribution in [0.25, 0.3) is 0 Å². The Morgan fingerprint density at radius 2 is 1.86 bits per heavy atom. The fourth-order valence-corrected chi connectivity index (χ4v) is 1.50. The van der Waals surface area contributed by atoms with E-state index in [0.717, 1.165) is 12.3 Å².